The van der Waals surface area contributed by atoms with Gasteiger partial charge in [0.25, 0.3) is 10.0 Å². The van der Waals surface area contributed by atoms with Crippen molar-refractivity contribution in [3.8, 4) is 0 Å². The topological polar surface area (TPSA) is 78.8 Å². The van der Waals surface area contributed by atoms with Gasteiger partial charge in [-0.2, -0.15) is 8.42 Å². The van der Waals surface area contributed by atoms with Gasteiger partial charge in [-0.15, -0.1) is 4.40 Å². The molecule has 152 valence electrons. The van der Waals surface area contributed by atoms with E-state index in [9.17, 15) is 13.2 Å². The van der Waals surface area contributed by atoms with E-state index in [2.05, 4.69) is 9.71 Å². The highest BCUT2D eigenvalue weighted by Gasteiger charge is 2.44. The minimum absolute atomic E-state index is 0.0709. The summed E-state index contributed by atoms with van der Waals surface area (Å²) in [7, 11) is -1.99. The number of carbonyl (C=O) groups is 1. The Morgan fingerprint density at radius 2 is 2.00 bits per heavy atom. The number of amidine groups is 1. The zero-order valence-corrected chi connectivity index (χ0v) is 17.6. The molecule has 0 spiro atoms. The van der Waals surface area contributed by atoms with E-state index >= 15 is 0 Å². The summed E-state index contributed by atoms with van der Waals surface area (Å²) in [5, 5.41) is 3.50. The van der Waals surface area contributed by atoms with Crippen molar-refractivity contribution in [2.75, 3.05) is 18.9 Å². The summed E-state index contributed by atoms with van der Waals surface area (Å²) in [5.74, 6) is 0.369. The van der Waals surface area contributed by atoms with Crippen molar-refractivity contribution in [1.29, 1.82) is 0 Å². The summed E-state index contributed by atoms with van der Waals surface area (Å²) in [4.78, 5) is 14.5. The number of benzene rings is 2. The van der Waals surface area contributed by atoms with Crippen LogP contribution < -0.4 is 5.32 Å². The van der Waals surface area contributed by atoms with Crippen molar-refractivity contribution in [1.82, 2.24) is 4.90 Å². The maximum absolute atomic E-state index is 12.7. The average molecular weight is 432 g/mol. The molecule has 1 heterocycles. The number of hydrogen-bond acceptors (Lipinski definition) is 3. The number of anilines is 1. The summed E-state index contributed by atoms with van der Waals surface area (Å²) in [5.41, 5.74) is 1.42. The predicted octanol–water partition coefficient (Wildman–Crippen LogP) is 3.90. The van der Waals surface area contributed by atoms with E-state index in [0.29, 0.717) is 23.0 Å². The number of likely N-dealkylation sites (tertiary alicyclic amines) is 1. The Balaban J connectivity index is 1.47. The van der Waals surface area contributed by atoms with Gasteiger partial charge >= 0.3 is 0 Å². The fourth-order valence-electron chi connectivity index (χ4n) is 3.67. The normalized spacial score (nSPS) is 22.7. The number of nitrogens with zero attached hydrogens (tertiary/aromatic N) is 2. The highest BCUT2D eigenvalue weighted by atomic mass is 35.5. The van der Waals surface area contributed by atoms with Crippen LogP contribution in [0, 0.1) is 5.92 Å². The predicted molar refractivity (Wildman–Crippen MR) is 114 cm³/mol. The quantitative estimate of drug-likeness (QED) is 0.778. The standard InChI is InChI=1S/C21H22ClN3O3S/c1-25-11-5-10-20(25)24-29(27,28)15-7-4-6-14(12-15)23-21(26)18-13-17(18)16-8-2-3-9-19(16)22/h2-4,6-9,12,17-18H,5,10-11,13H2,1H3,(H,23,26). The lowest BCUT2D eigenvalue weighted by Crippen LogP contribution is -2.20. The molecule has 2 aromatic rings. The van der Waals surface area contributed by atoms with Crippen LogP contribution in [0.4, 0.5) is 5.69 Å². The van der Waals surface area contributed by atoms with Gasteiger partial charge in [0.1, 0.15) is 5.84 Å². The van der Waals surface area contributed by atoms with Gasteiger partial charge in [0.05, 0.1) is 4.90 Å². The van der Waals surface area contributed by atoms with Crippen LogP contribution in [0.15, 0.2) is 57.8 Å². The molecular weight excluding hydrogens is 410 g/mol. The molecule has 0 aromatic heterocycles. The zero-order valence-electron chi connectivity index (χ0n) is 16.0. The molecule has 2 unspecified atom stereocenters. The summed E-state index contributed by atoms with van der Waals surface area (Å²) in [6, 6.07) is 13.8. The molecule has 8 heteroatoms. The molecule has 1 saturated heterocycles. The van der Waals surface area contributed by atoms with Gasteiger partial charge < -0.3 is 10.2 Å². The molecule has 4 rings (SSSR count). The zero-order chi connectivity index (χ0) is 20.6. The second-order valence-electron chi connectivity index (χ2n) is 7.49. The fourth-order valence-corrected chi connectivity index (χ4v) is 5.09. The molecule has 2 aromatic carbocycles. The molecule has 0 bridgehead atoms. The second-order valence-corrected chi connectivity index (χ2v) is 9.51. The van der Waals surface area contributed by atoms with Crippen LogP contribution in [0.2, 0.25) is 5.02 Å². The van der Waals surface area contributed by atoms with Crippen molar-refractivity contribution < 1.29 is 13.2 Å². The largest absolute Gasteiger partial charge is 0.362 e. The van der Waals surface area contributed by atoms with E-state index in [0.717, 1.165) is 24.9 Å². The Morgan fingerprint density at radius 1 is 1.21 bits per heavy atom. The maximum Gasteiger partial charge on any atom is 0.284 e. The minimum atomic E-state index is -3.82. The maximum atomic E-state index is 12.7. The number of carbonyl (C=O) groups excluding carboxylic acids is 1. The van der Waals surface area contributed by atoms with Crippen LogP contribution in [0.1, 0.15) is 30.7 Å². The Labute approximate surface area is 175 Å². The SMILES string of the molecule is CN1CCCC1=NS(=O)(=O)c1cccc(NC(=O)C2CC2c2ccccc2Cl)c1. The lowest BCUT2D eigenvalue weighted by atomic mass is 10.1. The minimum Gasteiger partial charge on any atom is -0.362 e. The van der Waals surface area contributed by atoms with Gasteiger partial charge in [-0.3, -0.25) is 4.79 Å². The number of rotatable bonds is 5. The fraction of sp³-hybridized carbons (Fsp3) is 0.333. The van der Waals surface area contributed by atoms with Crippen LogP contribution in [0.5, 0.6) is 0 Å². The first-order valence-electron chi connectivity index (χ1n) is 9.55. The van der Waals surface area contributed by atoms with E-state index in [1.54, 1.807) is 12.1 Å². The summed E-state index contributed by atoms with van der Waals surface area (Å²) in [6.45, 7) is 0.804. The van der Waals surface area contributed by atoms with Gasteiger partial charge in [0.2, 0.25) is 5.91 Å². The molecule has 1 amide bonds. The molecule has 6 nitrogen and oxygen atoms in total. The van der Waals surface area contributed by atoms with Crippen molar-refractivity contribution in [3.63, 3.8) is 0 Å². The molecule has 2 aliphatic rings. The summed E-state index contributed by atoms with van der Waals surface area (Å²) < 4.78 is 29.3. The highest BCUT2D eigenvalue weighted by Crippen LogP contribution is 2.50. The third-order valence-electron chi connectivity index (χ3n) is 5.39. The van der Waals surface area contributed by atoms with Crippen LogP contribution in [-0.4, -0.2) is 38.7 Å². The number of sulfonamides is 1. The van der Waals surface area contributed by atoms with E-state index in [-0.39, 0.29) is 22.6 Å². The smallest absolute Gasteiger partial charge is 0.284 e. The van der Waals surface area contributed by atoms with Crippen molar-refractivity contribution in [3.05, 3.63) is 59.1 Å². The summed E-state index contributed by atoms with van der Waals surface area (Å²) >= 11 is 6.23. The lowest BCUT2D eigenvalue weighted by molar-refractivity contribution is -0.117. The molecule has 1 aliphatic heterocycles. The number of halogens is 1. The second kappa shape index (κ2) is 7.80. The van der Waals surface area contributed by atoms with Crippen molar-refractivity contribution in [2.45, 2.75) is 30.1 Å². The third-order valence-corrected chi connectivity index (χ3v) is 7.04. The third kappa shape index (κ3) is 4.31. The van der Waals surface area contributed by atoms with Gasteiger partial charge in [0, 0.05) is 36.6 Å². The first-order valence-corrected chi connectivity index (χ1v) is 11.4. The summed E-state index contributed by atoms with van der Waals surface area (Å²) in [6.07, 6.45) is 2.28. The Kier molecular flexibility index (Phi) is 5.36. The molecule has 29 heavy (non-hydrogen) atoms. The van der Waals surface area contributed by atoms with Gasteiger partial charge in [0.15, 0.2) is 0 Å². The number of amides is 1. The molecule has 1 N–H and O–H groups in total. The Bertz CT molecular complexity index is 1080. The molecule has 2 atom stereocenters. The highest BCUT2D eigenvalue weighted by molar-refractivity contribution is 7.90. The van der Waals surface area contributed by atoms with E-state index in [4.69, 9.17) is 11.6 Å². The first kappa shape index (κ1) is 19.9. The van der Waals surface area contributed by atoms with Gasteiger partial charge in [-0.05, 0) is 48.6 Å². The molecule has 2 fully saturated rings. The Morgan fingerprint density at radius 3 is 2.72 bits per heavy atom. The monoisotopic (exact) mass is 431 g/mol. The molecular formula is C21H22ClN3O3S. The van der Waals surface area contributed by atoms with Crippen LogP contribution in [0.25, 0.3) is 0 Å². The Hall–Kier alpha value is -2.38. The average Bonchev–Trinajstić information content (AvgIpc) is 3.39. The van der Waals surface area contributed by atoms with E-state index < -0.39 is 10.0 Å². The van der Waals surface area contributed by atoms with Crippen LogP contribution >= 0.6 is 11.6 Å². The lowest BCUT2D eigenvalue weighted by Gasteiger charge is -2.11. The van der Waals surface area contributed by atoms with E-state index in [1.165, 1.54) is 12.1 Å². The van der Waals surface area contributed by atoms with Crippen molar-refractivity contribution in [2.24, 2.45) is 10.3 Å². The number of hydrogen-bond donors (Lipinski definition) is 1. The molecule has 1 aliphatic carbocycles. The first-order chi connectivity index (χ1) is 13.8. The molecule has 0 radical (unpaired) electrons. The van der Waals surface area contributed by atoms with E-state index in [1.807, 2.05) is 36.2 Å². The van der Waals surface area contributed by atoms with Gasteiger partial charge in [-0.1, -0.05) is 35.9 Å². The van der Waals surface area contributed by atoms with Crippen molar-refractivity contribution >= 4 is 39.1 Å². The van der Waals surface area contributed by atoms with Gasteiger partial charge in [-0.25, -0.2) is 0 Å². The number of nitrogens with one attached hydrogen (secondary N) is 1. The van der Waals surface area contributed by atoms with Crippen LogP contribution in [0.3, 0.4) is 0 Å². The molecule has 1 saturated carbocycles. The van der Waals surface area contributed by atoms with Crippen LogP contribution in [-0.2, 0) is 14.8 Å².